The van der Waals surface area contributed by atoms with E-state index in [1.807, 2.05) is 0 Å². The quantitative estimate of drug-likeness (QED) is 0.210. The molecule has 0 amide bonds. The molecule has 2 N–H and O–H groups in total. The number of benzene rings is 4. The minimum absolute atomic E-state index is 0.142. The topological polar surface area (TPSA) is 127 Å². The highest BCUT2D eigenvalue weighted by molar-refractivity contribution is 7.99. The van der Waals surface area contributed by atoms with Gasteiger partial charge in [-0.1, -0.05) is 72.1 Å². The van der Waals surface area contributed by atoms with Gasteiger partial charge in [-0.25, -0.2) is 9.59 Å². The minimum atomic E-state index is -0.605. The van der Waals surface area contributed by atoms with Crippen LogP contribution in [0, 0.1) is 0 Å². The van der Waals surface area contributed by atoms with Crippen molar-refractivity contribution in [1.82, 2.24) is 0 Å². The number of aliphatic hydroxyl groups excluding tert-OH is 2. The lowest BCUT2D eigenvalue weighted by Crippen LogP contribution is -2.22. The largest absolute Gasteiger partial charge is 0.460 e. The summed E-state index contributed by atoms with van der Waals surface area (Å²) in [7, 11) is 0. The van der Waals surface area contributed by atoms with E-state index in [1.54, 1.807) is 84.9 Å². The van der Waals surface area contributed by atoms with Crippen molar-refractivity contribution in [3.8, 4) is 0 Å². The SMILES string of the molecule is O=C(OCCO)c1ccccc1Sc1cccc2c1C(=O)c1cccc(Sc3ccccc3C(=O)OCCO)c1C2=O. The average Bonchev–Trinajstić information content (AvgIpc) is 3.01. The summed E-state index contributed by atoms with van der Waals surface area (Å²) in [5.74, 6) is -1.87. The summed E-state index contributed by atoms with van der Waals surface area (Å²) in [6.07, 6.45) is 0. The van der Waals surface area contributed by atoms with Gasteiger partial charge in [0.15, 0.2) is 11.6 Å². The van der Waals surface area contributed by atoms with E-state index in [0.717, 1.165) is 0 Å². The van der Waals surface area contributed by atoms with Crippen LogP contribution in [0.3, 0.4) is 0 Å². The highest BCUT2D eigenvalue weighted by Gasteiger charge is 2.34. The first kappa shape index (κ1) is 29.3. The molecule has 10 heteroatoms. The molecule has 42 heavy (non-hydrogen) atoms. The number of ether oxygens (including phenoxy) is 2. The van der Waals surface area contributed by atoms with Crippen molar-refractivity contribution in [2.24, 2.45) is 0 Å². The molecule has 0 aromatic heterocycles. The van der Waals surface area contributed by atoms with E-state index in [-0.39, 0.29) is 71.4 Å². The average molecular weight is 601 g/mol. The monoisotopic (exact) mass is 600 g/mol. The van der Waals surface area contributed by atoms with Crippen LogP contribution in [0.2, 0.25) is 0 Å². The van der Waals surface area contributed by atoms with E-state index in [2.05, 4.69) is 0 Å². The molecule has 8 nitrogen and oxygen atoms in total. The van der Waals surface area contributed by atoms with E-state index in [0.29, 0.717) is 19.6 Å². The van der Waals surface area contributed by atoms with Crippen LogP contribution >= 0.6 is 23.5 Å². The molecular weight excluding hydrogens is 576 g/mol. The molecule has 4 aromatic rings. The lowest BCUT2D eigenvalue weighted by Gasteiger charge is -2.22. The number of esters is 2. The Balaban J connectivity index is 1.51. The summed E-state index contributed by atoms with van der Waals surface area (Å²) in [4.78, 5) is 55.1. The second-order valence-electron chi connectivity index (χ2n) is 8.93. The zero-order valence-corrected chi connectivity index (χ0v) is 23.7. The number of carbonyl (C=O) groups excluding carboxylic acids is 4. The standard InChI is InChI=1S/C32H24O8S2/c33-15-17-39-31(37)19-7-1-3-11-23(19)41-25-13-5-9-21-27(25)29(35)22-10-6-14-26(28(22)30(21)36)42-24-12-4-2-8-20(24)32(38)40-18-16-34/h1-14,33-34H,15-18H2. The summed E-state index contributed by atoms with van der Waals surface area (Å²) in [5.41, 5.74) is 1.52. The molecule has 0 aliphatic heterocycles. The molecule has 212 valence electrons. The molecule has 0 atom stereocenters. The summed E-state index contributed by atoms with van der Waals surface area (Å²) < 4.78 is 10.2. The molecular formula is C32H24O8S2. The van der Waals surface area contributed by atoms with Gasteiger partial charge < -0.3 is 19.7 Å². The fraction of sp³-hybridized carbons (Fsp3) is 0.125. The summed E-state index contributed by atoms with van der Waals surface area (Å²) in [6.45, 7) is -0.889. The highest BCUT2D eigenvalue weighted by Crippen LogP contribution is 2.42. The number of ketones is 2. The Kier molecular flexibility index (Phi) is 9.19. The van der Waals surface area contributed by atoms with Gasteiger partial charge in [0.25, 0.3) is 0 Å². The second kappa shape index (κ2) is 13.2. The number of hydrogen-bond donors (Lipinski definition) is 2. The maximum absolute atomic E-state index is 13.9. The summed E-state index contributed by atoms with van der Waals surface area (Å²) >= 11 is 2.36. The first-order valence-corrected chi connectivity index (χ1v) is 14.5. The van der Waals surface area contributed by atoms with Gasteiger partial charge in [0, 0.05) is 41.8 Å². The first-order chi connectivity index (χ1) is 20.4. The van der Waals surface area contributed by atoms with E-state index < -0.39 is 11.9 Å². The molecule has 0 saturated carbocycles. The van der Waals surface area contributed by atoms with Gasteiger partial charge in [0.1, 0.15) is 13.2 Å². The van der Waals surface area contributed by atoms with Gasteiger partial charge in [0.05, 0.1) is 24.3 Å². The third-order valence-electron chi connectivity index (χ3n) is 6.30. The van der Waals surface area contributed by atoms with Crippen molar-refractivity contribution < 1.29 is 38.9 Å². The zero-order chi connectivity index (χ0) is 29.6. The molecule has 0 fully saturated rings. The first-order valence-electron chi connectivity index (χ1n) is 12.9. The van der Waals surface area contributed by atoms with Gasteiger partial charge in [-0.3, -0.25) is 9.59 Å². The van der Waals surface area contributed by atoms with Crippen LogP contribution < -0.4 is 0 Å². The Labute approximate surface area is 249 Å². The van der Waals surface area contributed by atoms with Crippen LogP contribution in [-0.4, -0.2) is 60.1 Å². The molecule has 4 aromatic carbocycles. The Bertz CT molecular complexity index is 1570. The zero-order valence-electron chi connectivity index (χ0n) is 22.1. The van der Waals surface area contributed by atoms with E-state index in [1.165, 1.54) is 23.5 Å². The van der Waals surface area contributed by atoms with Crippen LogP contribution in [0.25, 0.3) is 0 Å². The Morgan fingerprint density at radius 3 is 1.33 bits per heavy atom. The summed E-state index contributed by atoms with van der Waals surface area (Å²) in [5, 5.41) is 18.0. The van der Waals surface area contributed by atoms with Gasteiger partial charge in [-0.05, 0) is 36.4 Å². The maximum atomic E-state index is 13.9. The van der Waals surface area contributed by atoms with Crippen LogP contribution in [0.5, 0.6) is 0 Å². The van der Waals surface area contributed by atoms with Crippen LogP contribution in [0.15, 0.2) is 105 Å². The van der Waals surface area contributed by atoms with E-state index in [9.17, 15) is 19.2 Å². The predicted molar refractivity (Wildman–Crippen MR) is 156 cm³/mol. The Hall–Kier alpha value is -4.22. The minimum Gasteiger partial charge on any atom is -0.460 e. The van der Waals surface area contributed by atoms with Crippen molar-refractivity contribution in [3.63, 3.8) is 0 Å². The number of aliphatic hydroxyl groups is 2. The Morgan fingerprint density at radius 1 is 0.548 bits per heavy atom. The molecule has 5 rings (SSSR count). The van der Waals surface area contributed by atoms with Crippen LogP contribution in [0.4, 0.5) is 0 Å². The van der Waals surface area contributed by atoms with Crippen molar-refractivity contribution in [2.45, 2.75) is 19.6 Å². The van der Waals surface area contributed by atoms with Crippen molar-refractivity contribution in [2.75, 3.05) is 26.4 Å². The molecule has 0 bridgehead atoms. The van der Waals surface area contributed by atoms with E-state index >= 15 is 0 Å². The smallest absolute Gasteiger partial charge is 0.339 e. The molecule has 0 heterocycles. The molecule has 0 saturated heterocycles. The van der Waals surface area contributed by atoms with Crippen molar-refractivity contribution in [1.29, 1.82) is 0 Å². The summed E-state index contributed by atoms with van der Waals surface area (Å²) in [6, 6.07) is 23.6. The maximum Gasteiger partial charge on any atom is 0.339 e. The second-order valence-corrected chi connectivity index (χ2v) is 11.1. The van der Waals surface area contributed by atoms with Crippen molar-refractivity contribution >= 4 is 47.0 Å². The van der Waals surface area contributed by atoms with Crippen LogP contribution in [-0.2, 0) is 9.47 Å². The predicted octanol–water partition coefficient (Wildman–Crippen LogP) is 5.06. The number of carbonyl (C=O) groups is 4. The number of hydrogen-bond acceptors (Lipinski definition) is 10. The molecule has 0 radical (unpaired) electrons. The number of rotatable bonds is 10. The van der Waals surface area contributed by atoms with Crippen molar-refractivity contribution in [3.05, 3.63) is 118 Å². The van der Waals surface area contributed by atoms with Gasteiger partial charge in [-0.15, -0.1) is 0 Å². The fourth-order valence-corrected chi connectivity index (χ4v) is 6.66. The van der Waals surface area contributed by atoms with Gasteiger partial charge in [-0.2, -0.15) is 0 Å². The molecule has 1 aliphatic rings. The number of fused-ring (bicyclic) bond motifs is 2. The molecule has 1 aliphatic carbocycles. The van der Waals surface area contributed by atoms with Crippen LogP contribution in [0.1, 0.15) is 52.6 Å². The Morgan fingerprint density at radius 2 is 0.929 bits per heavy atom. The van der Waals surface area contributed by atoms with Gasteiger partial charge in [0.2, 0.25) is 0 Å². The molecule has 0 unspecified atom stereocenters. The lowest BCUT2D eigenvalue weighted by atomic mass is 9.84. The lowest BCUT2D eigenvalue weighted by molar-refractivity contribution is 0.0423. The normalized spacial score (nSPS) is 12.0. The third-order valence-corrected chi connectivity index (χ3v) is 8.57. The highest BCUT2D eigenvalue weighted by atomic mass is 32.2. The fourth-order valence-electron chi connectivity index (χ4n) is 4.47. The van der Waals surface area contributed by atoms with E-state index in [4.69, 9.17) is 19.7 Å². The molecule has 0 spiro atoms. The van der Waals surface area contributed by atoms with Gasteiger partial charge >= 0.3 is 11.9 Å². The third kappa shape index (κ3) is 5.88.